The summed E-state index contributed by atoms with van der Waals surface area (Å²) in [6, 6.07) is 0.452. The molecule has 0 radical (unpaired) electrons. The van der Waals surface area contributed by atoms with Gasteiger partial charge >= 0.3 is 0 Å². The van der Waals surface area contributed by atoms with E-state index in [-0.39, 0.29) is 0 Å². The molecule has 3 N–H and O–H groups in total. The molecule has 0 bridgehead atoms. The molecule has 5 nitrogen and oxygen atoms in total. The Kier molecular flexibility index (Phi) is 4.62. The van der Waals surface area contributed by atoms with E-state index in [0.717, 1.165) is 25.5 Å². The summed E-state index contributed by atoms with van der Waals surface area (Å²) in [6.45, 7) is 1.76. The molecule has 1 aliphatic heterocycles. The molecule has 0 aromatic carbocycles. The summed E-state index contributed by atoms with van der Waals surface area (Å²) in [5.41, 5.74) is 2.72. The van der Waals surface area contributed by atoms with E-state index in [9.17, 15) is 0 Å². The Morgan fingerprint density at radius 3 is 2.71 bits per heavy atom. The molecular formula is C12H24N4O. The predicted octanol–water partition coefficient (Wildman–Crippen LogP) is 0.859. The summed E-state index contributed by atoms with van der Waals surface area (Å²) >= 11 is 0. The molecule has 98 valence electrons. The SMILES string of the molecule is CN(CC1CCCO1)C(=NC1CCCC1)NN. The molecule has 0 aromatic heterocycles. The van der Waals surface area contributed by atoms with Gasteiger partial charge in [-0.1, -0.05) is 12.8 Å². The van der Waals surface area contributed by atoms with Crippen LogP contribution >= 0.6 is 0 Å². The van der Waals surface area contributed by atoms with Crippen LogP contribution < -0.4 is 11.3 Å². The van der Waals surface area contributed by atoms with Crippen LogP contribution in [0, 0.1) is 0 Å². The van der Waals surface area contributed by atoms with Gasteiger partial charge in [-0.3, -0.25) is 5.43 Å². The van der Waals surface area contributed by atoms with Crippen molar-refractivity contribution >= 4 is 5.96 Å². The van der Waals surface area contributed by atoms with Crippen LogP contribution in [0.5, 0.6) is 0 Å². The maximum absolute atomic E-state index is 5.62. The van der Waals surface area contributed by atoms with E-state index in [2.05, 4.69) is 15.3 Å². The smallest absolute Gasteiger partial charge is 0.208 e. The lowest BCUT2D eigenvalue weighted by atomic mass is 10.2. The molecule has 2 rings (SSSR count). The van der Waals surface area contributed by atoms with Crippen molar-refractivity contribution in [1.82, 2.24) is 10.3 Å². The van der Waals surface area contributed by atoms with Crippen LogP contribution in [-0.4, -0.2) is 43.2 Å². The highest BCUT2D eigenvalue weighted by atomic mass is 16.5. The van der Waals surface area contributed by atoms with Gasteiger partial charge in [0.05, 0.1) is 12.1 Å². The molecule has 2 fully saturated rings. The van der Waals surface area contributed by atoms with Gasteiger partial charge < -0.3 is 9.64 Å². The number of guanidine groups is 1. The number of aliphatic imine (C=N–C) groups is 1. The van der Waals surface area contributed by atoms with Crippen molar-refractivity contribution < 1.29 is 4.74 Å². The van der Waals surface area contributed by atoms with E-state index >= 15 is 0 Å². The summed E-state index contributed by atoms with van der Waals surface area (Å²) in [4.78, 5) is 6.76. The van der Waals surface area contributed by atoms with Gasteiger partial charge in [-0.25, -0.2) is 10.8 Å². The number of nitrogens with one attached hydrogen (secondary N) is 1. The molecule has 0 amide bonds. The Bertz CT molecular complexity index is 257. The lowest BCUT2D eigenvalue weighted by Crippen LogP contribution is -2.46. The first-order valence-corrected chi connectivity index (χ1v) is 6.66. The maximum atomic E-state index is 5.62. The van der Waals surface area contributed by atoms with Gasteiger partial charge in [-0.05, 0) is 25.7 Å². The summed E-state index contributed by atoms with van der Waals surface area (Å²) in [5.74, 6) is 6.36. The van der Waals surface area contributed by atoms with Gasteiger partial charge in [0.2, 0.25) is 5.96 Å². The molecule has 1 unspecified atom stereocenters. The van der Waals surface area contributed by atoms with E-state index in [4.69, 9.17) is 10.6 Å². The van der Waals surface area contributed by atoms with Crippen LogP contribution in [0.1, 0.15) is 38.5 Å². The van der Waals surface area contributed by atoms with Crippen LogP contribution in [0.2, 0.25) is 0 Å². The summed E-state index contributed by atoms with van der Waals surface area (Å²) in [6.07, 6.45) is 7.62. The van der Waals surface area contributed by atoms with Crippen LogP contribution in [0.4, 0.5) is 0 Å². The van der Waals surface area contributed by atoms with Crippen molar-refractivity contribution in [3.63, 3.8) is 0 Å². The van der Waals surface area contributed by atoms with Crippen molar-refractivity contribution in [2.45, 2.75) is 50.7 Å². The molecule has 0 aromatic rings. The minimum Gasteiger partial charge on any atom is -0.376 e. The second-order valence-corrected chi connectivity index (χ2v) is 5.05. The first-order valence-electron chi connectivity index (χ1n) is 6.66. The van der Waals surface area contributed by atoms with Gasteiger partial charge in [0.25, 0.3) is 0 Å². The van der Waals surface area contributed by atoms with Crippen LogP contribution in [0.3, 0.4) is 0 Å². The van der Waals surface area contributed by atoms with Gasteiger partial charge in [-0.2, -0.15) is 0 Å². The van der Waals surface area contributed by atoms with Crippen molar-refractivity contribution in [3.05, 3.63) is 0 Å². The van der Waals surface area contributed by atoms with Crippen molar-refractivity contribution in [1.29, 1.82) is 0 Å². The molecule has 1 atom stereocenters. The third-order valence-corrected chi connectivity index (χ3v) is 3.62. The fourth-order valence-corrected chi connectivity index (χ4v) is 2.63. The normalized spacial score (nSPS) is 26.5. The molecule has 5 heteroatoms. The first-order chi connectivity index (χ1) is 8.29. The van der Waals surface area contributed by atoms with E-state index < -0.39 is 0 Å². The topological polar surface area (TPSA) is 62.9 Å². The van der Waals surface area contributed by atoms with Crippen molar-refractivity contribution in [2.75, 3.05) is 20.2 Å². The van der Waals surface area contributed by atoms with Crippen LogP contribution in [0.25, 0.3) is 0 Å². The molecule has 1 heterocycles. The highest BCUT2D eigenvalue weighted by molar-refractivity contribution is 5.79. The zero-order chi connectivity index (χ0) is 12.1. The van der Waals surface area contributed by atoms with Gasteiger partial charge in [0.1, 0.15) is 0 Å². The molecule has 2 aliphatic rings. The number of hydrogen-bond donors (Lipinski definition) is 2. The number of nitrogens with zero attached hydrogens (tertiary/aromatic N) is 2. The Hall–Kier alpha value is -0.810. The zero-order valence-corrected chi connectivity index (χ0v) is 10.7. The van der Waals surface area contributed by atoms with E-state index in [1.54, 1.807) is 0 Å². The lowest BCUT2D eigenvalue weighted by Gasteiger charge is -2.24. The minimum atomic E-state index is 0.335. The zero-order valence-electron chi connectivity index (χ0n) is 10.7. The number of likely N-dealkylation sites (N-methyl/N-ethyl adjacent to an activating group) is 1. The molecule has 1 aliphatic carbocycles. The predicted molar refractivity (Wildman–Crippen MR) is 68.6 cm³/mol. The second-order valence-electron chi connectivity index (χ2n) is 5.05. The third-order valence-electron chi connectivity index (χ3n) is 3.62. The van der Waals surface area contributed by atoms with Crippen molar-refractivity contribution in [3.8, 4) is 0 Å². The highest BCUT2D eigenvalue weighted by Crippen LogP contribution is 2.21. The van der Waals surface area contributed by atoms with Gasteiger partial charge in [-0.15, -0.1) is 0 Å². The lowest BCUT2D eigenvalue weighted by molar-refractivity contribution is 0.0951. The Morgan fingerprint density at radius 1 is 1.35 bits per heavy atom. The number of rotatable bonds is 3. The maximum Gasteiger partial charge on any atom is 0.208 e. The van der Waals surface area contributed by atoms with E-state index in [0.29, 0.717) is 12.1 Å². The molecule has 17 heavy (non-hydrogen) atoms. The summed E-state index contributed by atoms with van der Waals surface area (Å²) in [7, 11) is 2.02. The number of nitrogens with two attached hydrogens (primary N) is 1. The third kappa shape index (κ3) is 3.57. The summed E-state index contributed by atoms with van der Waals surface area (Å²) < 4.78 is 5.62. The first kappa shape index (κ1) is 12.6. The fraction of sp³-hybridized carbons (Fsp3) is 0.917. The van der Waals surface area contributed by atoms with Crippen LogP contribution in [-0.2, 0) is 4.74 Å². The quantitative estimate of drug-likeness (QED) is 0.332. The Morgan fingerprint density at radius 2 is 2.12 bits per heavy atom. The molecule has 1 saturated heterocycles. The monoisotopic (exact) mass is 240 g/mol. The number of hydrogen-bond acceptors (Lipinski definition) is 3. The average Bonchev–Trinajstić information content (AvgIpc) is 2.97. The number of ether oxygens (including phenoxy) is 1. The van der Waals surface area contributed by atoms with E-state index in [1.807, 2.05) is 7.05 Å². The Labute approximate surface area is 103 Å². The largest absolute Gasteiger partial charge is 0.376 e. The minimum absolute atomic E-state index is 0.335. The van der Waals surface area contributed by atoms with Crippen LogP contribution in [0.15, 0.2) is 4.99 Å². The molecule has 0 spiro atoms. The average molecular weight is 240 g/mol. The molecule has 1 saturated carbocycles. The summed E-state index contributed by atoms with van der Waals surface area (Å²) in [5, 5.41) is 0. The second kappa shape index (κ2) is 6.21. The number of hydrazine groups is 1. The Balaban J connectivity index is 1.86. The van der Waals surface area contributed by atoms with Gasteiger partial charge in [0.15, 0.2) is 0 Å². The van der Waals surface area contributed by atoms with Gasteiger partial charge in [0, 0.05) is 20.2 Å². The van der Waals surface area contributed by atoms with E-state index in [1.165, 1.54) is 32.1 Å². The fourth-order valence-electron chi connectivity index (χ4n) is 2.63. The molecular weight excluding hydrogens is 216 g/mol. The standard InChI is InChI=1S/C12H24N4O/c1-16(9-11-7-4-8-17-11)12(15-13)14-10-5-2-3-6-10/h10-11H,2-9,13H2,1H3,(H,14,15). The van der Waals surface area contributed by atoms with Crippen molar-refractivity contribution in [2.24, 2.45) is 10.8 Å². The highest BCUT2D eigenvalue weighted by Gasteiger charge is 2.20.